The molecule has 178 valence electrons. The van der Waals surface area contributed by atoms with Crippen molar-refractivity contribution in [3.8, 4) is 0 Å². The van der Waals surface area contributed by atoms with E-state index < -0.39 is 27.4 Å². The molecule has 2 amide bonds. The lowest BCUT2D eigenvalue weighted by Crippen LogP contribution is -2.48. The summed E-state index contributed by atoms with van der Waals surface area (Å²) in [5.74, 6) is -0.687. The van der Waals surface area contributed by atoms with Crippen LogP contribution in [-0.4, -0.2) is 32.8 Å². The molecule has 0 spiro atoms. The van der Waals surface area contributed by atoms with Gasteiger partial charge in [-0.1, -0.05) is 60.7 Å². The first-order chi connectivity index (χ1) is 16.1. The normalized spacial score (nSPS) is 12.6. The average molecular weight is 480 g/mol. The van der Waals surface area contributed by atoms with Crippen molar-refractivity contribution in [2.75, 3.05) is 11.9 Å². The standard InChI is InChI=1S/C26H29N3O4S/c1-19(29-34(32,33)24-16-14-23(15-17-24)28-20(2)30)25(31)27-18-26(3,21-10-6-4-7-11-21)22-12-8-5-9-13-22/h4-17,19,29H,18H2,1-3H3,(H,27,31)(H,28,30)/t19-/m0/s1. The van der Waals surface area contributed by atoms with Crippen LogP contribution < -0.4 is 15.4 Å². The Hall–Kier alpha value is -3.49. The van der Waals surface area contributed by atoms with Gasteiger partial charge in [0.1, 0.15) is 0 Å². The van der Waals surface area contributed by atoms with Gasteiger partial charge in [0.05, 0.1) is 10.9 Å². The summed E-state index contributed by atoms with van der Waals surface area (Å²) in [4.78, 5) is 24.0. The number of rotatable bonds is 9. The molecule has 0 saturated heterocycles. The predicted octanol–water partition coefficient (Wildman–Crippen LogP) is 3.43. The molecule has 0 fully saturated rings. The van der Waals surface area contributed by atoms with Crippen LogP contribution >= 0.6 is 0 Å². The van der Waals surface area contributed by atoms with Gasteiger partial charge in [0, 0.05) is 24.6 Å². The van der Waals surface area contributed by atoms with Gasteiger partial charge in [-0.3, -0.25) is 9.59 Å². The first kappa shape index (κ1) is 25.1. The van der Waals surface area contributed by atoms with E-state index in [1.165, 1.54) is 38.1 Å². The summed E-state index contributed by atoms with van der Waals surface area (Å²) >= 11 is 0. The van der Waals surface area contributed by atoms with Crippen molar-refractivity contribution in [2.24, 2.45) is 0 Å². The molecule has 3 aromatic carbocycles. The van der Waals surface area contributed by atoms with Gasteiger partial charge in [-0.15, -0.1) is 0 Å². The van der Waals surface area contributed by atoms with Crippen LogP contribution in [0.1, 0.15) is 31.9 Å². The second kappa shape index (κ2) is 10.6. The molecule has 34 heavy (non-hydrogen) atoms. The van der Waals surface area contributed by atoms with E-state index in [0.717, 1.165) is 11.1 Å². The molecule has 7 nitrogen and oxygen atoms in total. The number of carbonyl (C=O) groups is 2. The minimum absolute atomic E-state index is 0.000313. The van der Waals surface area contributed by atoms with Crippen LogP contribution in [-0.2, 0) is 25.0 Å². The lowest BCUT2D eigenvalue weighted by atomic mass is 9.76. The molecule has 8 heteroatoms. The Balaban J connectivity index is 1.71. The molecule has 3 rings (SSSR count). The zero-order valence-electron chi connectivity index (χ0n) is 19.4. The van der Waals surface area contributed by atoms with Crippen LogP contribution in [0.2, 0.25) is 0 Å². The Labute approximate surface area is 200 Å². The number of sulfonamides is 1. The highest BCUT2D eigenvalue weighted by Crippen LogP contribution is 2.31. The first-order valence-corrected chi connectivity index (χ1v) is 12.4. The number of amides is 2. The fourth-order valence-electron chi connectivity index (χ4n) is 3.67. The van der Waals surface area contributed by atoms with E-state index in [1.807, 2.05) is 67.6 Å². The van der Waals surface area contributed by atoms with Gasteiger partial charge in [0.15, 0.2) is 0 Å². The van der Waals surface area contributed by atoms with E-state index >= 15 is 0 Å². The summed E-state index contributed by atoms with van der Waals surface area (Å²) < 4.78 is 27.9. The van der Waals surface area contributed by atoms with Gasteiger partial charge in [-0.2, -0.15) is 4.72 Å². The number of benzene rings is 3. The number of anilines is 1. The SMILES string of the molecule is CC(=O)Nc1ccc(S(=O)(=O)N[C@@H](C)C(=O)NCC(C)(c2ccccc2)c2ccccc2)cc1. The van der Waals surface area contributed by atoms with E-state index in [4.69, 9.17) is 0 Å². The smallest absolute Gasteiger partial charge is 0.241 e. The van der Waals surface area contributed by atoms with E-state index in [0.29, 0.717) is 5.69 Å². The molecular formula is C26H29N3O4S. The summed E-state index contributed by atoms with van der Waals surface area (Å²) in [6.45, 7) is 5.20. The van der Waals surface area contributed by atoms with E-state index in [2.05, 4.69) is 15.4 Å². The minimum atomic E-state index is -3.93. The quantitative estimate of drug-likeness (QED) is 0.437. The maximum absolute atomic E-state index is 12.9. The highest BCUT2D eigenvalue weighted by Gasteiger charge is 2.30. The first-order valence-electron chi connectivity index (χ1n) is 10.9. The third-order valence-corrected chi connectivity index (χ3v) is 7.20. The lowest BCUT2D eigenvalue weighted by molar-refractivity contribution is -0.122. The number of carbonyl (C=O) groups excluding carboxylic acids is 2. The second-order valence-electron chi connectivity index (χ2n) is 8.33. The number of hydrogen-bond acceptors (Lipinski definition) is 4. The summed E-state index contributed by atoms with van der Waals surface area (Å²) in [6.07, 6.45) is 0. The molecule has 0 aliphatic heterocycles. The van der Waals surface area contributed by atoms with Crippen LogP contribution in [0.5, 0.6) is 0 Å². The molecule has 3 N–H and O–H groups in total. The Morgan fingerprint density at radius 1 is 0.853 bits per heavy atom. The van der Waals surface area contributed by atoms with Crippen LogP contribution in [0, 0.1) is 0 Å². The third-order valence-electron chi connectivity index (χ3n) is 5.65. The Morgan fingerprint density at radius 3 is 1.82 bits per heavy atom. The predicted molar refractivity (Wildman–Crippen MR) is 133 cm³/mol. The number of nitrogens with one attached hydrogen (secondary N) is 3. The maximum Gasteiger partial charge on any atom is 0.241 e. The summed E-state index contributed by atoms with van der Waals surface area (Å²) in [5, 5.41) is 5.49. The van der Waals surface area contributed by atoms with Gasteiger partial charge in [0.25, 0.3) is 0 Å². The molecule has 0 aromatic heterocycles. The highest BCUT2D eigenvalue weighted by molar-refractivity contribution is 7.89. The zero-order valence-corrected chi connectivity index (χ0v) is 20.2. The van der Waals surface area contributed by atoms with Gasteiger partial charge >= 0.3 is 0 Å². The highest BCUT2D eigenvalue weighted by atomic mass is 32.2. The van der Waals surface area contributed by atoms with Crippen LogP contribution in [0.15, 0.2) is 89.8 Å². The van der Waals surface area contributed by atoms with Gasteiger partial charge < -0.3 is 10.6 Å². The molecule has 3 aromatic rings. The third kappa shape index (κ3) is 6.09. The Kier molecular flexibility index (Phi) is 7.86. The summed E-state index contributed by atoms with van der Waals surface area (Å²) in [5.41, 5.74) is 2.05. The van der Waals surface area contributed by atoms with Crippen LogP contribution in [0.3, 0.4) is 0 Å². The molecule has 0 saturated carbocycles. The Morgan fingerprint density at radius 2 is 1.35 bits per heavy atom. The number of hydrogen-bond donors (Lipinski definition) is 3. The van der Waals surface area contributed by atoms with Crippen molar-refractivity contribution < 1.29 is 18.0 Å². The van der Waals surface area contributed by atoms with Crippen molar-refractivity contribution in [1.82, 2.24) is 10.0 Å². The monoisotopic (exact) mass is 479 g/mol. The van der Waals surface area contributed by atoms with Crippen molar-refractivity contribution >= 4 is 27.5 Å². The van der Waals surface area contributed by atoms with Gasteiger partial charge in [-0.05, 0) is 49.2 Å². The van der Waals surface area contributed by atoms with Crippen molar-refractivity contribution in [3.63, 3.8) is 0 Å². The molecule has 0 aliphatic rings. The molecule has 1 atom stereocenters. The fourth-order valence-corrected chi connectivity index (χ4v) is 4.88. The molecular weight excluding hydrogens is 450 g/mol. The van der Waals surface area contributed by atoms with Crippen molar-refractivity contribution in [1.29, 1.82) is 0 Å². The Bertz CT molecular complexity index is 1190. The van der Waals surface area contributed by atoms with E-state index in [1.54, 1.807) is 0 Å². The molecule has 0 unspecified atom stereocenters. The van der Waals surface area contributed by atoms with Gasteiger partial charge in [0.2, 0.25) is 21.8 Å². The van der Waals surface area contributed by atoms with E-state index in [-0.39, 0.29) is 17.3 Å². The second-order valence-corrected chi connectivity index (χ2v) is 10.0. The molecule has 0 aliphatic carbocycles. The van der Waals surface area contributed by atoms with Gasteiger partial charge in [-0.25, -0.2) is 8.42 Å². The van der Waals surface area contributed by atoms with Crippen molar-refractivity contribution in [3.05, 3.63) is 96.1 Å². The minimum Gasteiger partial charge on any atom is -0.354 e. The fraction of sp³-hybridized carbons (Fsp3) is 0.231. The maximum atomic E-state index is 12.9. The molecule has 0 radical (unpaired) electrons. The summed E-state index contributed by atoms with van der Waals surface area (Å²) in [7, 11) is -3.93. The topological polar surface area (TPSA) is 104 Å². The summed E-state index contributed by atoms with van der Waals surface area (Å²) in [6, 6.07) is 24.5. The molecule has 0 bridgehead atoms. The molecule has 0 heterocycles. The largest absolute Gasteiger partial charge is 0.354 e. The average Bonchev–Trinajstić information content (AvgIpc) is 2.83. The van der Waals surface area contributed by atoms with Crippen LogP contribution in [0.25, 0.3) is 0 Å². The van der Waals surface area contributed by atoms with Crippen LogP contribution in [0.4, 0.5) is 5.69 Å². The zero-order chi connectivity index (χ0) is 24.8. The van der Waals surface area contributed by atoms with Crippen molar-refractivity contribution in [2.45, 2.75) is 37.1 Å². The van der Waals surface area contributed by atoms with E-state index in [9.17, 15) is 18.0 Å². The lowest BCUT2D eigenvalue weighted by Gasteiger charge is -2.32.